The predicted octanol–water partition coefficient (Wildman–Crippen LogP) is 1.27. The van der Waals surface area contributed by atoms with Crippen LogP contribution in [0.2, 0.25) is 0 Å². The summed E-state index contributed by atoms with van der Waals surface area (Å²) in [5.74, 6) is 0. The summed E-state index contributed by atoms with van der Waals surface area (Å²) in [5, 5.41) is 18.0. The molecule has 0 saturated heterocycles. The van der Waals surface area contributed by atoms with Gasteiger partial charge in [-0.2, -0.15) is 0 Å². The van der Waals surface area contributed by atoms with E-state index in [2.05, 4.69) is 0 Å². The third kappa shape index (κ3) is 2.04. The van der Waals surface area contributed by atoms with E-state index >= 15 is 0 Å². The van der Waals surface area contributed by atoms with Crippen LogP contribution in [-0.2, 0) is 6.54 Å². The summed E-state index contributed by atoms with van der Waals surface area (Å²) >= 11 is 0. The molecule has 0 atom stereocenters. The molecule has 0 unspecified atom stereocenters. The molecule has 0 aromatic carbocycles. The maximum atomic E-state index is 10.1. The minimum atomic E-state index is -0.506. The largest absolute Gasteiger partial charge is 0.388 e. The summed E-state index contributed by atoms with van der Waals surface area (Å²) in [6.45, 7) is 0.660. The lowest BCUT2D eigenvalue weighted by molar-refractivity contribution is 0.0297. The zero-order valence-corrected chi connectivity index (χ0v) is 8.24. The van der Waals surface area contributed by atoms with Crippen molar-refractivity contribution < 1.29 is 5.11 Å². The maximum absolute atomic E-state index is 10.1. The third-order valence-corrected chi connectivity index (χ3v) is 2.90. The van der Waals surface area contributed by atoms with Crippen LogP contribution in [-0.4, -0.2) is 15.3 Å². The molecule has 1 saturated carbocycles. The van der Waals surface area contributed by atoms with E-state index in [1.54, 1.807) is 12.1 Å². The summed E-state index contributed by atoms with van der Waals surface area (Å²) in [4.78, 5) is 0. The first kappa shape index (κ1) is 9.46. The molecule has 1 aliphatic carbocycles. The lowest BCUT2D eigenvalue weighted by atomic mass is 10.0. The van der Waals surface area contributed by atoms with Crippen LogP contribution >= 0.6 is 0 Å². The van der Waals surface area contributed by atoms with Crippen LogP contribution in [0.3, 0.4) is 0 Å². The Morgan fingerprint density at radius 2 is 1.86 bits per heavy atom. The molecular weight excluding hydrogens is 176 g/mol. The van der Waals surface area contributed by atoms with E-state index in [0.717, 1.165) is 25.7 Å². The zero-order valence-electron chi connectivity index (χ0n) is 8.24. The first-order chi connectivity index (χ1) is 6.68. The summed E-state index contributed by atoms with van der Waals surface area (Å²) < 4.78 is 1.96. The fraction of sp³-hybridized carbons (Fsp3) is 0.545. The van der Waals surface area contributed by atoms with Crippen molar-refractivity contribution in [1.29, 1.82) is 5.41 Å². The number of nitrogens with one attached hydrogen (secondary N) is 1. The minimum Gasteiger partial charge on any atom is -0.388 e. The van der Waals surface area contributed by atoms with Gasteiger partial charge in [0.2, 0.25) is 0 Å². The predicted molar refractivity (Wildman–Crippen MR) is 53.7 cm³/mol. The third-order valence-electron chi connectivity index (χ3n) is 2.90. The van der Waals surface area contributed by atoms with E-state index in [4.69, 9.17) is 5.41 Å². The highest BCUT2D eigenvalue weighted by Gasteiger charge is 2.30. The number of aromatic nitrogens is 1. The number of hydrogen-bond donors (Lipinski definition) is 2. The summed E-state index contributed by atoms with van der Waals surface area (Å²) in [5.41, 5.74) is -0.506. The van der Waals surface area contributed by atoms with Gasteiger partial charge >= 0.3 is 0 Å². The van der Waals surface area contributed by atoms with Crippen molar-refractivity contribution >= 4 is 0 Å². The lowest BCUT2D eigenvalue weighted by Crippen LogP contribution is -2.30. The second-order valence-electron chi connectivity index (χ2n) is 4.19. The van der Waals surface area contributed by atoms with Gasteiger partial charge in [-0.25, -0.2) is 0 Å². The van der Waals surface area contributed by atoms with Crippen molar-refractivity contribution in [3.8, 4) is 0 Å². The summed E-state index contributed by atoms with van der Waals surface area (Å²) in [7, 11) is 0. The fourth-order valence-electron chi connectivity index (χ4n) is 2.09. The molecule has 3 heteroatoms. The Labute approximate surface area is 83.5 Å². The van der Waals surface area contributed by atoms with Crippen molar-refractivity contribution in [2.75, 3.05) is 0 Å². The van der Waals surface area contributed by atoms with E-state index in [9.17, 15) is 5.11 Å². The molecule has 76 valence electrons. The fourth-order valence-corrected chi connectivity index (χ4v) is 2.09. The van der Waals surface area contributed by atoms with Gasteiger partial charge in [0.05, 0.1) is 17.5 Å². The number of aliphatic hydroxyl groups is 1. The molecule has 1 fully saturated rings. The van der Waals surface area contributed by atoms with E-state index in [-0.39, 0.29) is 0 Å². The number of hydrogen-bond acceptors (Lipinski definition) is 2. The molecule has 1 aromatic rings. The average Bonchev–Trinajstić information content (AvgIpc) is 2.57. The van der Waals surface area contributed by atoms with Crippen molar-refractivity contribution in [1.82, 2.24) is 4.57 Å². The molecule has 1 aliphatic rings. The normalized spacial score (nSPS) is 19.8. The van der Waals surface area contributed by atoms with Gasteiger partial charge in [-0.1, -0.05) is 12.8 Å². The van der Waals surface area contributed by atoms with Crippen LogP contribution in [0.15, 0.2) is 24.5 Å². The number of nitrogens with zero attached hydrogens (tertiary/aromatic N) is 1. The highest BCUT2D eigenvalue weighted by molar-refractivity contribution is 4.94. The summed E-state index contributed by atoms with van der Waals surface area (Å²) in [6.07, 6.45) is 7.80. The van der Waals surface area contributed by atoms with Gasteiger partial charge in [0.15, 0.2) is 0 Å². The van der Waals surface area contributed by atoms with Gasteiger partial charge in [-0.3, -0.25) is 0 Å². The van der Waals surface area contributed by atoms with Gasteiger partial charge < -0.3 is 15.1 Å². The molecule has 0 aliphatic heterocycles. The van der Waals surface area contributed by atoms with E-state index < -0.39 is 5.60 Å². The highest BCUT2D eigenvalue weighted by atomic mass is 16.3. The Kier molecular flexibility index (Phi) is 2.42. The molecule has 2 N–H and O–H groups in total. The van der Waals surface area contributed by atoms with Crippen molar-refractivity contribution in [2.24, 2.45) is 0 Å². The molecule has 0 spiro atoms. The standard InChI is InChI=1S/C11H16N2O/c12-10-3-7-13(8-4-10)9-11(14)5-1-2-6-11/h3-4,7-8,12,14H,1-2,5-6,9H2. The van der Waals surface area contributed by atoms with Gasteiger partial charge in [0, 0.05) is 12.4 Å². The molecule has 0 bridgehead atoms. The van der Waals surface area contributed by atoms with Crippen LogP contribution in [0.5, 0.6) is 0 Å². The molecule has 2 rings (SSSR count). The number of rotatable bonds is 2. The zero-order chi connectivity index (χ0) is 10.0. The van der Waals surface area contributed by atoms with Crippen molar-refractivity contribution in [2.45, 2.75) is 37.8 Å². The Morgan fingerprint density at radius 1 is 1.29 bits per heavy atom. The second-order valence-corrected chi connectivity index (χ2v) is 4.19. The topological polar surface area (TPSA) is 49.0 Å². The maximum Gasteiger partial charge on any atom is 0.0825 e. The average molecular weight is 192 g/mol. The smallest absolute Gasteiger partial charge is 0.0825 e. The molecule has 0 amide bonds. The Morgan fingerprint density at radius 3 is 2.43 bits per heavy atom. The van der Waals surface area contributed by atoms with Crippen LogP contribution in [0, 0.1) is 5.41 Å². The van der Waals surface area contributed by atoms with E-state index in [0.29, 0.717) is 11.9 Å². The molecule has 1 heterocycles. The van der Waals surface area contributed by atoms with Crippen molar-refractivity contribution in [3.05, 3.63) is 29.9 Å². The molecule has 3 nitrogen and oxygen atoms in total. The Hall–Kier alpha value is -1.09. The molecular formula is C11H16N2O. The van der Waals surface area contributed by atoms with Gasteiger partial charge in [0.25, 0.3) is 0 Å². The monoisotopic (exact) mass is 192 g/mol. The quantitative estimate of drug-likeness (QED) is 0.728. The van der Waals surface area contributed by atoms with Gasteiger partial charge in [0.1, 0.15) is 0 Å². The van der Waals surface area contributed by atoms with Crippen LogP contribution in [0.25, 0.3) is 0 Å². The SMILES string of the molecule is N=c1ccn(CC2(O)CCCC2)cc1. The molecule has 0 radical (unpaired) electrons. The highest BCUT2D eigenvalue weighted by Crippen LogP contribution is 2.30. The first-order valence-corrected chi connectivity index (χ1v) is 5.11. The Bertz CT molecular complexity index is 343. The van der Waals surface area contributed by atoms with Crippen molar-refractivity contribution in [3.63, 3.8) is 0 Å². The van der Waals surface area contributed by atoms with E-state index in [1.165, 1.54) is 0 Å². The molecule has 14 heavy (non-hydrogen) atoms. The lowest BCUT2D eigenvalue weighted by Gasteiger charge is -2.23. The molecule has 1 aromatic heterocycles. The van der Waals surface area contributed by atoms with E-state index in [1.807, 2.05) is 17.0 Å². The van der Waals surface area contributed by atoms with Crippen LogP contribution in [0.1, 0.15) is 25.7 Å². The summed E-state index contributed by atoms with van der Waals surface area (Å²) in [6, 6.07) is 3.50. The second kappa shape index (κ2) is 3.58. The van der Waals surface area contributed by atoms with Crippen LogP contribution in [0.4, 0.5) is 0 Å². The minimum absolute atomic E-state index is 0.506. The first-order valence-electron chi connectivity index (χ1n) is 5.11. The van der Waals surface area contributed by atoms with Crippen LogP contribution < -0.4 is 5.36 Å². The van der Waals surface area contributed by atoms with Gasteiger partial charge in [-0.05, 0) is 25.0 Å². The number of pyridine rings is 1. The Balaban J connectivity index is 2.10. The van der Waals surface area contributed by atoms with Gasteiger partial charge in [-0.15, -0.1) is 0 Å².